The first-order valence-corrected chi connectivity index (χ1v) is 13.1. The summed E-state index contributed by atoms with van der Waals surface area (Å²) < 4.78 is 17.1. The molecule has 0 aromatic heterocycles. The van der Waals surface area contributed by atoms with E-state index in [1.54, 1.807) is 6.08 Å². The van der Waals surface area contributed by atoms with Crippen molar-refractivity contribution in [3.05, 3.63) is 48.3 Å². The Bertz CT molecular complexity index is 1110. The first-order valence-electron chi connectivity index (χ1n) is 13.1. The smallest absolute Gasteiger partial charge is 0.305 e. The third-order valence-corrected chi connectivity index (χ3v) is 11.2. The molecule has 1 spiro atoms. The minimum atomic E-state index is -0.975. The average Bonchev–Trinajstić information content (AvgIpc) is 3.36. The Morgan fingerprint density at radius 3 is 2.47 bits per heavy atom. The number of hydrogen-bond donors (Lipinski definition) is 1. The van der Waals surface area contributed by atoms with Crippen molar-refractivity contribution in [2.45, 2.75) is 72.4 Å². The van der Waals surface area contributed by atoms with Gasteiger partial charge in [0.05, 0.1) is 19.6 Å². The summed E-state index contributed by atoms with van der Waals surface area (Å²) in [6.45, 7) is 21.5. The maximum absolute atomic E-state index is 13.0. The lowest BCUT2D eigenvalue weighted by Crippen LogP contribution is -2.60. The lowest BCUT2D eigenvalue weighted by molar-refractivity contribution is -0.149. The molecule has 5 rings (SSSR count). The number of carbonyl (C=O) groups is 2. The monoisotopic (exact) mass is 496 g/mol. The van der Waals surface area contributed by atoms with Gasteiger partial charge in [-0.3, -0.25) is 9.59 Å². The molecule has 1 N–H and O–H groups in total. The molecule has 0 bridgehead atoms. The fourth-order valence-corrected chi connectivity index (χ4v) is 9.04. The highest BCUT2D eigenvalue weighted by molar-refractivity contribution is 5.96. The Balaban J connectivity index is 1.60. The van der Waals surface area contributed by atoms with Gasteiger partial charge in [0.2, 0.25) is 6.29 Å². The van der Waals surface area contributed by atoms with E-state index in [-0.39, 0.29) is 59.3 Å². The van der Waals surface area contributed by atoms with Gasteiger partial charge in [0.1, 0.15) is 11.4 Å². The molecule has 3 fully saturated rings. The molecule has 6 nitrogen and oxygen atoms in total. The molecule has 196 valence electrons. The van der Waals surface area contributed by atoms with Crippen molar-refractivity contribution in [2.24, 2.45) is 45.8 Å². The van der Waals surface area contributed by atoms with Crippen LogP contribution in [0.3, 0.4) is 0 Å². The normalized spacial score (nSPS) is 48.7. The first kappa shape index (κ1) is 25.5. The average molecular weight is 497 g/mol. The largest absolute Gasteiger partial charge is 0.469 e. The Morgan fingerprint density at radius 1 is 1.22 bits per heavy atom. The molecule has 3 unspecified atom stereocenters. The number of esters is 1. The Morgan fingerprint density at radius 2 is 1.89 bits per heavy atom. The van der Waals surface area contributed by atoms with Crippen LogP contribution in [0.15, 0.2) is 48.3 Å². The lowest BCUT2D eigenvalue weighted by Gasteiger charge is -2.60. The van der Waals surface area contributed by atoms with Gasteiger partial charge >= 0.3 is 5.97 Å². The number of aliphatic hydroxyl groups is 1. The maximum atomic E-state index is 13.0. The SMILES string of the molecule is C=C1C=C([C@@H]2C[C@H]3OC34C(=C)C([C@@]3(C)C=CC(=O)C(C)(C)[C@@H]3CC(=O)OC)[C@H](C)[C@H](C)[C@@]24C)C(O)O1. The number of ketones is 1. The quantitative estimate of drug-likeness (QED) is 0.344. The Hall–Kier alpha value is -2.18. The van der Waals surface area contributed by atoms with Gasteiger partial charge in [0, 0.05) is 16.4 Å². The van der Waals surface area contributed by atoms with E-state index in [0.29, 0.717) is 5.76 Å². The summed E-state index contributed by atoms with van der Waals surface area (Å²) in [5.41, 5.74) is -0.104. The van der Waals surface area contributed by atoms with Crippen molar-refractivity contribution in [3.8, 4) is 0 Å². The highest BCUT2D eigenvalue weighted by Gasteiger charge is 2.81. The van der Waals surface area contributed by atoms with E-state index in [4.69, 9.17) is 20.8 Å². The summed E-state index contributed by atoms with van der Waals surface area (Å²) in [6.07, 6.45) is 5.61. The van der Waals surface area contributed by atoms with E-state index < -0.39 is 22.7 Å². The van der Waals surface area contributed by atoms with Crippen LogP contribution in [0.5, 0.6) is 0 Å². The fourth-order valence-electron chi connectivity index (χ4n) is 9.04. The molecule has 0 radical (unpaired) electrons. The van der Waals surface area contributed by atoms with Crippen LogP contribution < -0.4 is 0 Å². The predicted molar refractivity (Wildman–Crippen MR) is 135 cm³/mol. The highest BCUT2D eigenvalue weighted by Crippen LogP contribution is 2.77. The summed E-state index contributed by atoms with van der Waals surface area (Å²) in [4.78, 5) is 25.6. The van der Waals surface area contributed by atoms with Crippen LogP contribution >= 0.6 is 0 Å². The molecule has 2 heterocycles. The number of methoxy groups -OCH3 is 1. The highest BCUT2D eigenvalue weighted by atomic mass is 16.6. The lowest BCUT2D eigenvalue weighted by atomic mass is 9.43. The maximum Gasteiger partial charge on any atom is 0.305 e. The van der Waals surface area contributed by atoms with Gasteiger partial charge in [-0.1, -0.05) is 60.8 Å². The van der Waals surface area contributed by atoms with Crippen LogP contribution in [0.4, 0.5) is 0 Å². The third-order valence-electron chi connectivity index (χ3n) is 11.2. The van der Waals surface area contributed by atoms with Gasteiger partial charge in [-0.15, -0.1) is 0 Å². The molecule has 0 aromatic rings. The van der Waals surface area contributed by atoms with Crippen LogP contribution in [0, 0.1) is 45.8 Å². The van der Waals surface area contributed by atoms with Crippen molar-refractivity contribution in [1.29, 1.82) is 0 Å². The number of rotatable bonds is 4. The Kier molecular flexibility index (Phi) is 5.43. The van der Waals surface area contributed by atoms with Crippen molar-refractivity contribution in [1.82, 2.24) is 0 Å². The minimum Gasteiger partial charge on any atom is -0.469 e. The molecule has 2 aliphatic heterocycles. The number of epoxide rings is 1. The second-order valence-corrected chi connectivity index (χ2v) is 12.8. The number of hydrogen-bond acceptors (Lipinski definition) is 6. The summed E-state index contributed by atoms with van der Waals surface area (Å²) in [7, 11) is 1.40. The van der Waals surface area contributed by atoms with Crippen molar-refractivity contribution in [3.63, 3.8) is 0 Å². The van der Waals surface area contributed by atoms with Crippen LogP contribution in [-0.4, -0.2) is 42.0 Å². The van der Waals surface area contributed by atoms with E-state index in [1.165, 1.54) is 7.11 Å². The van der Waals surface area contributed by atoms with Gasteiger partial charge < -0.3 is 19.3 Å². The van der Waals surface area contributed by atoms with Crippen LogP contribution in [0.1, 0.15) is 54.4 Å². The Labute approximate surface area is 214 Å². The van der Waals surface area contributed by atoms with Gasteiger partial charge in [0.15, 0.2) is 5.78 Å². The molecule has 36 heavy (non-hydrogen) atoms. The number of carbonyl (C=O) groups excluding carboxylic acids is 2. The first-order chi connectivity index (χ1) is 16.7. The van der Waals surface area contributed by atoms with Gasteiger partial charge in [-0.2, -0.15) is 0 Å². The zero-order chi connectivity index (χ0) is 26.6. The second kappa shape index (κ2) is 7.67. The van der Waals surface area contributed by atoms with E-state index in [1.807, 2.05) is 26.0 Å². The van der Waals surface area contributed by atoms with E-state index in [0.717, 1.165) is 17.6 Å². The summed E-state index contributed by atoms with van der Waals surface area (Å²) >= 11 is 0. The summed E-state index contributed by atoms with van der Waals surface area (Å²) in [6, 6.07) is 0. The number of aliphatic hydroxyl groups excluding tert-OH is 1. The third kappa shape index (κ3) is 2.92. The molecular formula is C30H40O6. The van der Waals surface area contributed by atoms with Crippen molar-refractivity contribution in [2.75, 3.05) is 7.11 Å². The summed E-state index contributed by atoms with van der Waals surface area (Å²) in [5, 5.41) is 10.7. The second-order valence-electron chi connectivity index (χ2n) is 12.8. The van der Waals surface area contributed by atoms with Crippen molar-refractivity contribution >= 4 is 11.8 Å². The molecule has 6 heteroatoms. The molecule has 0 aromatic carbocycles. The molecule has 3 aliphatic carbocycles. The van der Waals surface area contributed by atoms with E-state index in [2.05, 4.69) is 34.3 Å². The van der Waals surface area contributed by atoms with Gasteiger partial charge in [-0.05, 0) is 59.2 Å². The fraction of sp³-hybridized carbons (Fsp3) is 0.667. The van der Waals surface area contributed by atoms with E-state index >= 15 is 0 Å². The van der Waals surface area contributed by atoms with Crippen LogP contribution in [0.25, 0.3) is 0 Å². The molecule has 2 saturated carbocycles. The molecule has 1 saturated heterocycles. The van der Waals surface area contributed by atoms with Crippen molar-refractivity contribution < 1.29 is 28.9 Å². The standard InChI is InChI=1S/C30H40O6/c1-15-12-19(26(33)35-15)20-13-23-30(36-23)18(4)25(16(2)17(3)29(20,30)8)28(7)11-10-22(31)27(5,6)21(28)14-24(32)34-9/h10-12,16-17,20-21,23,25-26,33H,1,4,13-14H2,2-3,5-9H3/t16-,17+,20+,21+,23-,25?,26?,28+,29+,30?/m1/s1. The van der Waals surface area contributed by atoms with E-state index in [9.17, 15) is 14.7 Å². The number of ether oxygens (including phenoxy) is 3. The van der Waals surface area contributed by atoms with Gasteiger partial charge in [-0.25, -0.2) is 0 Å². The molecular weight excluding hydrogens is 456 g/mol. The number of allylic oxidation sites excluding steroid dienone is 3. The molecule has 0 amide bonds. The molecule has 10 atom stereocenters. The predicted octanol–water partition coefficient (Wildman–Crippen LogP) is 4.75. The van der Waals surface area contributed by atoms with Crippen LogP contribution in [0.2, 0.25) is 0 Å². The zero-order valence-electron chi connectivity index (χ0n) is 22.6. The summed E-state index contributed by atoms with van der Waals surface area (Å²) in [5.74, 6) is 0.424. The zero-order valence-corrected chi connectivity index (χ0v) is 22.6. The van der Waals surface area contributed by atoms with Gasteiger partial charge in [0.25, 0.3) is 0 Å². The molecule has 5 aliphatic rings. The minimum absolute atomic E-state index is 0.00342. The topological polar surface area (TPSA) is 85.4 Å². The van der Waals surface area contributed by atoms with Crippen LogP contribution in [-0.2, 0) is 23.8 Å².